The van der Waals surface area contributed by atoms with Crippen LogP contribution in [0.2, 0.25) is 0 Å². The van der Waals surface area contributed by atoms with Crippen molar-refractivity contribution < 1.29 is 9.84 Å². The SMILES string of the molecule is COc1ccc(C(C)=Cc2ccc(O)cc2)cc1. The van der Waals surface area contributed by atoms with Gasteiger partial charge in [-0.2, -0.15) is 0 Å². The highest BCUT2D eigenvalue weighted by molar-refractivity contribution is 5.80. The number of ether oxygens (including phenoxy) is 1. The molecule has 0 saturated heterocycles. The van der Waals surface area contributed by atoms with Crippen LogP contribution >= 0.6 is 0 Å². The molecule has 0 spiro atoms. The quantitative estimate of drug-likeness (QED) is 0.823. The Morgan fingerprint density at radius 3 is 2.17 bits per heavy atom. The van der Waals surface area contributed by atoms with Crippen LogP contribution in [0.25, 0.3) is 11.6 Å². The molecule has 0 aliphatic rings. The standard InChI is InChI=1S/C16H16O2/c1-12(11-13-3-7-15(17)8-4-13)14-5-9-16(18-2)10-6-14/h3-11,17H,1-2H3. The molecule has 0 bridgehead atoms. The van der Waals surface area contributed by atoms with Crippen LogP contribution in [0.4, 0.5) is 0 Å². The van der Waals surface area contributed by atoms with Crippen LogP contribution in [0, 0.1) is 0 Å². The second-order valence-electron chi connectivity index (χ2n) is 4.15. The Bertz CT molecular complexity index is 536. The molecule has 0 aliphatic carbocycles. The van der Waals surface area contributed by atoms with E-state index in [0.29, 0.717) is 0 Å². The van der Waals surface area contributed by atoms with Crippen molar-refractivity contribution in [2.24, 2.45) is 0 Å². The van der Waals surface area contributed by atoms with Crippen molar-refractivity contribution in [3.8, 4) is 11.5 Å². The molecule has 0 heterocycles. The largest absolute Gasteiger partial charge is 0.508 e. The Morgan fingerprint density at radius 1 is 1.00 bits per heavy atom. The third kappa shape index (κ3) is 2.92. The van der Waals surface area contributed by atoms with Gasteiger partial charge in [0, 0.05) is 0 Å². The maximum absolute atomic E-state index is 9.23. The molecule has 0 aliphatic heterocycles. The predicted molar refractivity (Wildman–Crippen MR) is 74.6 cm³/mol. The summed E-state index contributed by atoms with van der Waals surface area (Å²) in [7, 11) is 1.66. The molecule has 2 heteroatoms. The first-order valence-corrected chi connectivity index (χ1v) is 5.81. The molecule has 0 unspecified atom stereocenters. The van der Waals surface area contributed by atoms with Gasteiger partial charge in [0.1, 0.15) is 11.5 Å². The summed E-state index contributed by atoms with van der Waals surface area (Å²) in [6.07, 6.45) is 2.08. The molecular formula is C16H16O2. The van der Waals surface area contributed by atoms with Gasteiger partial charge in [-0.1, -0.05) is 30.3 Å². The number of methoxy groups -OCH3 is 1. The molecule has 18 heavy (non-hydrogen) atoms. The monoisotopic (exact) mass is 240 g/mol. The minimum absolute atomic E-state index is 0.286. The molecule has 0 radical (unpaired) electrons. The third-order valence-electron chi connectivity index (χ3n) is 2.82. The van der Waals surface area contributed by atoms with Crippen molar-refractivity contribution >= 4 is 11.6 Å². The second kappa shape index (κ2) is 5.41. The Morgan fingerprint density at radius 2 is 1.61 bits per heavy atom. The predicted octanol–water partition coefficient (Wildman–Crippen LogP) is 3.96. The molecule has 2 aromatic rings. The molecule has 2 rings (SSSR count). The number of phenols is 1. The van der Waals surface area contributed by atoms with E-state index in [1.165, 1.54) is 5.57 Å². The summed E-state index contributed by atoms with van der Waals surface area (Å²) in [5.74, 6) is 1.14. The minimum Gasteiger partial charge on any atom is -0.508 e. The van der Waals surface area contributed by atoms with Gasteiger partial charge in [0.15, 0.2) is 0 Å². The summed E-state index contributed by atoms with van der Waals surface area (Å²) in [4.78, 5) is 0. The average Bonchev–Trinajstić information content (AvgIpc) is 2.41. The summed E-state index contributed by atoms with van der Waals surface area (Å²) in [6.45, 7) is 2.06. The van der Waals surface area contributed by atoms with Crippen LogP contribution < -0.4 is 4.74 Å². The van der Waals surface area contributed by atoms with Gasteiger partial charge in [-0.3, -0.25) is 0 Å². The van der Waals surface area contributed by atoms with Gasteiger partial charge in [0.2, 0.25) is 0 Å². The van der Waals surface area contributed by atoms with Crippen molar-refractivity contribution in [1.82, 2.24) is 0 Å². The molecule has 0 aromatic heterocycles. The van der Waals surface area contributed by atoms with Gasteiger partial charge in [-0.15, -0.1) is 0 Å². The lowest BCUT2D eigenvalue weighted by atomic mass is 10.0. The van der Waals surface area contributed by atoms with Crippen molar-refractivity contribution in [1.29, 1.82) is 0 Å². The summed E-state index contributed by atoms with van der Waals surface area (Å²) in [6, 6.07) is 15.1. The molecule has 0 fully saturated rings. The van der Waals surface area contributed by atoms with Crippen LogP contribution in [-0.4, -0.2) is 12.2 Å². The first-order chi connectivity index (χ1) is 8.69. The van der Waals surface area contributed by atoms with Crippen LogP contribution in [0.1, 0.15) is 18.1 Å². The minimum atomic E-state index is 0.286. The summed E-state index contributed by atoms with van der Waals surface area (Å²) in [5, 5.41) is 9.23. The number of phenolic OH excluding ortho intramolecular Hbond substituents is 1. The van der Waals surface area contributed by atoms with Crippen LogP contribution in [0.3, 0.4) is 0 Å². The summed E-state index contributed by atoms with van der Waals surface area (Å²) >= 11 is 0. The van der Waals surface area contributed by atoms with Gasteiger partial charge >= 0.3 is 0 Å². The van der Waals surface area contributed by atoms with Crippen LogP contribution in [-0.2, 0) is 0 Å². The van der Waals surface area contributed by atoms with E-state index in [9.17, 15) is 5.11 Å². The fourth-order valence-electron chi connectivity index (χ4n) is 1.76. The topological polar surface area (TPSA) is 29.5 Å². The highest BCUT2D eigenvalue weighted by Gasteiger charge is 1.97. The van der Waals surface area contributed by atoms with E-state index >= 15 is 0 Å². The molecule has 2 aromatic carbocycles. The summed E-state index contributed by atoms with van der Waals surface area (Å²) in [5.41, 5.74) is 3.40. The van der Waals surface area contributed by atoms with E-state index in [2.05, 4.69) is 13.0 Å². The van der Waals surface area contributed by atoms with E-state index in [-0.39, 0.29) is 5.75 Å². The van der Waals surface area contributed by atoms with Gasteiger partial charge in [-0.25, -0.2) is 0 Å². The maximum Gasteiger partial charge on any atom is 0.118 e. The van der Waals surface area contributed by atoms with Gasteiger partial charge < -0.3 is 9.84 Å². The smallest absolute Gasteiger partial charge is 0.118 e. The molecular weight excluding hydrogens is 224 g/mol. The fourth-order valence-corrected chi connectivity index (χ4v) is 1.76. The number of aromatic hydroxyl groups is 1. The Kier molecular flexibility index (Phi) is 3.68. The Balaban J connectivity index is 2.23. The number of benzene rings is 2. The third-order valence-corrected chi connectivity index (χ3v) is 2.82. The first kappa shape index (κ1) is 12.2. The Labute approximate surface area is 107 Å². The van der Waals surface area contributed by atoms with E-state index in [0.717, 1.165) is 16.9 Å². The average molecular weight is 240 g/mol. The zero-order valence-corrected chi connectivity index (χ0v) is 10.6. The van der Waals surface area contributed by atoms with Crippen molar-refractivity contribution in [3.63, 3.8) is 0 Å². The lowest BCUT2D eigenvalue weighted by Gasteiger charge is -2.04. The Hall–Kier alpha value is -2.22. The zero-order valence-electron chi connectivity index (χ0n) is 10.6. The lowest BCUT2D eigenvalue weighted by molar-refractivity contribution is 0.415. The normalized spacial score (nSPS) is 11.3. The van der Waals surface area contributed by atoms with E-state index in [1.54, 1.807) is 19.2 Å². The van der Waals surface area contributed by atoms with E-state index in [4.69, 9.17) is 4.74 Å². The van der Waals surface area contributed by atoms with E-state index < -0.39 is 0 Å². The number of hydrogen-bond acceptors (Lipinski definition) is 2. The number of hydrogen-bond donors (Lipinski definition) is 1. The van der Waals surface area contributed by atoms with Crippen LogP contribution in [0.15, 0.2) is 48.5 Å². The molecule has 0 saturated carbocycles. The second-order valence-corrected chi connectivity index (χ2v) is 4.15. The van der Waals surface area contributed by atoms with Gasteiger partial charge in [0.25, 0.3) is 0 Å². The first-order valence-electron chi connectivity index (χ1n) is 5.81. The van der Waals surface area contributed by atoms with E-state index in [1.807, 2.05) is 36.4 Å². The maximum atomic E-state index is 9.23. The van der Waals surface area contributed by atoms with Crippen molar-refractivity contribution in [3.05, 3.63) is 59.7 Å². The van der Waals surface area contributed by atoms with Gasteiger partial charge in [0.05, 0.1) is 7.11 Å². The molecule has 0 amide bonds. The van der Waals surface area contributed by atoms with Crippen molar-refractivity contribution in [2.75, 3.05) is 7.11 Å². The highest BCUT2D eigenvalue weighted by Crippen LogP contribution is 2.21. The highest BCUT2D eigenvalue weighted by atomic mass is 16.5. The number of rotatable bonds is 3. The molecule has 1 N–H and O–H groups in total. The van der Waals surface area contributed by atoms with Crippen molar-refractivity contribution in [2.45, 2.75) is 6.92 Å². The zero-order chi connectivity index (χ0) is 13.0. The fraction of sp³-hybridized carbons (Fsp3) is 0.125. The number of allylic oxidation sites excluding steroid dienone is 1. The molecule has 92 valence electrons. The molecule has 0 atom stereocenters. The van der Waals surface area contributed by atoms with Crippen LogP contribution in [0.5, 0.6) is 11.5 Å². The lowest BCUT2D eigenvalue weighted by Crippen LogP contribution is -1.84. The van der Waals surface area contributed by atoms with Gasteiger partial charge in [-0.05, 0) is 47.9 Å². The summed E-state index contributed by atoms with van der Waals surface area (Å²) < 4.78 is 5.13. The molecule has 2 nitrogen and oxygen atoms in total.